The molecule has 0 spiro atoms. The molecule has 0 saturated heterocycles. The predicted octanol–water partition coefficient (Wildman–Crippen LogP) is 9.46. The summed E-state index contributed by atoms with van der Waals surface area (Å²) in [6.45, 7) is 9.47. The molecule has 0 saturated carbocycles. The lowest BCUT2D eigenvalue weighted by Crippen LogP contribution is -2.44. The average Bonchev–Trinajstić information content (AvgIpc) is 2.93. The summed E-state index contributed by atoms with van der Waals surface area (Å²) in [4.78, 5) is 30.8. The van der Waals surface area contributed by atoms with Gasteiger partial charge in [-0.2, -0.15) is 0 Å². The van der Waals surface area contributed by atoms with Crippen LogP contribution in [0, 0.1) is 10.8 Å². The molecule has 43 heavy (non-hydrogen) atoms. The fourth-order valence-electron chi connectivity index (χ4n) is 6.96. The lowest BCUT2D eigenvalue weighted by Gasteiger charge is -2.49. The summed E-state index contributed by atoms with van der Waals surface area (Å²) in [5.41, 5.74) is 5.75. The molecule has 0 bridgehead atoms. The first-order valence-electron chi connectivity index (χ1n) is 14.9. The number of nitrogens with zero attached hydrogens (tertiary/aromatic N) is 1. The largest absolute Gasteiger partial charge is 0.489 e. The first kappa shape index (κ1) is 29.7. The number of hydrogen-bond acceptors (Lipinski definition) is 4. The number of ketones is 2. The Bertz CT molecular complexity index is 1610. The van der Waals surface area contributed by atoms with E-state index in [4.69, 9.17) is 27.9 Å². The molecular formula is C37H37Cl2NO3. The Morgan fingerprint density at radius 1 is 0.767 bits per heavy atom. The van der Waals surface area contributed by atoms with E-state index >= 15 is 0 Å². The number of halogens is 2. The van der Waals surface area contributed by atoms with E-state index in [2.05, 4.69) is 44.7 Å². The summed E-state index contributed by atoms with van der Waals surface area (Å²) >= 11 is 13.1. The number of allylic oxidation sites excluding steroid dienone is 4. The Labute approximate surface area is 264 Å². The fourth-order valence-corrected chi connectivity index (χ4v) is 7.33. The molecule has 0 radical (unpaired) electrons. The van der Waals surface area contributed by atoms with E-state index in [9.17, 15) is 9.59 Å². The third-order valence-electron chi connectivity index (χ3n) is 8.83. The molecule has 0 amide bonds. The van der Waals surface area contributed by atoms with Gasteiger partial charge >= 0.3 is 0 Å². The second-order valence-corrected chi connectivity index (χ2v) is 14.5. The van der Waals surface area contributed by atoms with Gasteiger partial charge in [-0.3, -0.25) is 9.59 Å². The Hall–Kier alpha value is -3.34. The van der Waals surface area contributed by atoms with E-state index in [1.165, 1.54) is 0 Å². The monoisotopic (exact) mass is 613 g/mol. The van der Waals surface area contributed by atoms with Crippen molar-refractivity contribution in [2.45, 2.75) is 72.4 Å². The molecule has 3 aromatic carbocycles. The van der Waals surface area contributed by atoms with Crippen LogP contribution in [0.2, 0.25) is 10.0 Å². The number of Topliss-reactive ketones (excluding diaryl/α,β-unsaturated/α-hetero) is 2. The lowest BCUT2D eigenvalue weighted by molar-refractivity contribution is -0.119. The molecule has 0 N–H and O–H groups in total. The second kappa shape index (κ2) is 11.3. The topological polar surface area (TPSA) is 46.6 Å². The first-order valence-corrected chi connectivity index (χ1v) is 15.7. The molecule has 0 atom stereocenters. The third-order valence-corrected chi connectivity index (χ3v) is 9.43. The highest BCUT2D eigenvalue weighted by Crippen LogP contribution is 2.56. The zero-order valence-electron chi connectivity index (χ0n) is 25.2. The quantitative estimate of drug-likeness (QED) is 0.278. The minimum atomic E-state index is -0.552. The van der Waals surface area contributed by atoms with Gasteiger partial charge in [0.05, 0.1) is 0 Å². The van der Waals surface area contributed by atoms with Crippen molar-refractivity contribution in [2.24, 2.45) is 10.8 Å². The minimum absolute atomic E-state index is 0.0792. The number of hydrogen-bond donors (Lipinski definition) is 0. The van der Waals surface area contributed by atoms with E-state index in [0.29, 0.717) is 46.3 Å². The van der Waals surface area contributed by atoms with E-state index < -0.39 is 5.92 Å². The van der Waals surface area contributed by atoms with Crippen molar-refractivity contribution in [1.29, 1.82) is 0 Å². The Balaban J connectivity index is 1.55. The molecular weight excluding hydrogens is 577 g/mol. The molecule has 0 unspecified atom stereocenters. The first-order chi connectivity index (χ1) is 20.4. The maximum atomic E-state index is 14.2. The SMILES string of the molecule is CC1(C)CC(=O)C2=C(C1)N(Cc1ccccc1)C1=C(C(=O)CC(C)(C)C1)C2c1cc(Cl)ccc1OCc1ccccc1Cl. The van der Waals surface area contributed by atoms with Crippen LogP contribution < -0.4 is 4.74 Å². The molecule has 0 aromatic heterocycles. The van der Waals surface area contributed by atoms with Crippen molar-refractivity contribution in [2.75, 3.05) is 0 Å². The van der Waals surface area contributed by atoms with Crippen molar-refractivity contribution in [3.05, 3.63) is 122 Å². The molecule has 4 nitrogen and oxygen atoms in total. The van der Waals surface area contributed by atoms with Gasteiger partial charge in [0, 0.05) is 69.0 Å². The summed E-state index contributed by atoms with van der Waals surface area (Å²) < 4.78 is 6.42. The zero-order chi connectivity index (χ0) is 30.5. The van der Waals surface area contributed by atoms with Gasteiger partial charge in [-0.1, -0.05) is 99.4 Å². The zero-order valence-corrected chi connectivity index (χ0v) is 26.7. The van der Waals surface area contributed by atoms with Crippen molar-refractivity contribution >= 4 is 34.8 Å². The van der Waals surface area contributed by atoms with Crippen LogP contribution in [0.3, 0.4) is 0 Å². The van der Waals surface area contributed by atoms with E-state index in [-0.39, 0.29) is 29.0 Å². The van der Waals surface area contributed by atoms with Crippen LogP contribution in [0.4, 0.5) is 0 Å². The minimum Gasteiger partial charge on any atom is -0.489 e. The lowest BCUT2D eigenvalue weighted by atomic mass is 9.63. The van der Waals surface area contributed by atoms with Crippen molar-refractivity contribution in [3.8, 4) is 5.75 Å². The number of carbonyl (C=O) groups is 2. The highest BCUT2D eigenvalue weighted by atomic mass is 35.5. The Morgan fingerprint density at radius 3 is 1.95 bits per heavy atom. The molecule has 3 aliphatic rings. The molecule has 1 heterocycles. The van der Waals surface area contributed by atoms with Crippen LogP contribution in [0.15, 0.2) is 95.3 Å². The molecule has 6 heteroatoms. The van der Waals surface area contributed by atoms with E-state index in [1.54, 1.807) is 6.07 Å². The summed E-state index contributed by atoms with van der Waals surface area (Å²) in [7, 11) is 0. The molecule has 0 fully saturated rings. The Kier molecular flexibility index (Phi) is 7.81. The predicted molar refractivity (Wildman–Crippen MR) is 172 cm³/mol. The molecule has 1 aliphatic heterocycles. The Morgan fingerprint density at radius 2 is 1.35 bits per heavy atom. The maximum Gasteiger partial charge on any atom is 0.162 e. The van der Waals surface area contributed by atoms with Gasteiger partial charge in [0.2, 0.25) is 0 Å². The average molecular weight is 615 g/mol. The number of carbonyl (C=O) groups excluding carboxylic acids is 2. The summed E-state index contributed by atoms with van der Waals surface area (Å²) in [6.07, 6.45) is 2.30. The van der Waals surface area contributed by atoms with Crippen LogP contribution in [0.1, 0.15) is 76.0 Å². The van der Waals surface area contributed by atoms with E-state index in [0.717, 1.165) is 40.9 Å². The number of ether oxygens (including phenoxy) is 1. The highest BCUT2D eigenvalue weighted by molar-refractivity contribution is 6.31. The van der Waals surface area contributed by atoms with Gasteiger partial charge in [-0.05, 0) is 53.5 Å². The fraction of sp³-hybridized carbons (Fsp3) is 0.351. The maximum absolute atomic E-state index is 14.2. The van der Waals surface area contributed by atoms with E-state index in [1.807, 2.05) is 54.6 Å². The van der Waals surface area contributed by atoms with Crippen LogP contribution in [0.5, 0.6) is 5.75 Å². The van der Waals surface area contributed by atoms with Crippen LogP contribution in [0.25, 0.3) is 0 Å². The van der Waals surface area contributed by atoms with Crippen molar-refractivity contribution in [1.82, 2.24) is 4.90 Å². The van der Waals surface area contributed by atoms with Crippen molar-refractivity contribution < 1.29 is 14.3 Å². The van der Waals surface area contributed by atoms with Gasteiger partial charge in [-0.25, -0.2) is 0 Å². The number of benzene rings is 3. The normalized spacial score (nSPS) is 19.8. The van der Waals surface area contributed by atoms with Crippen LogP contribution in [-0.2, 0) is 22.7 Å². The van der Waals surface area contributed by atoms with Gasteiger partial charge < -0.3 is 9.64 Å². The van der Waals surface area contributed by atoms with Gasteiger partial charge in [0.1, 0.15) is 12.4 Å². The summed E-state index contributed by atoms with van der Waals surface area (Å²) in [5.74, 6) is 0.204. The molecule has 3 aromatic rings. The van der Waals surface area contributed by atoms with Crippen molar-refractivity contribution in [3.63, 3.8) is 0 Å². The number of rotatable bonds is 6. The molecule has 222 valence electrons. The highest BCUT2D eigenvalue weighted by Gasteiger charge is 2.49. The van der Waals surface area contributed by atoms with Crippen LogP contribution in [-0.4, -0.2) is 16.5 Å². The van der Waals surface area contributed by atoms with Gasteiger partial charge in [0.25, 0.3) is 0 Å². The second-order valence-electron chi connectivity index (χ2n) is 13.7. The van der Waals surface area contributed by atoms with Gasteiger partial charge in [-0.15, -0.1) is 0 Å². The smallest absolute Gasteiger partial charge is 0.162 e. The molecule has 6 rings (SSSR count). The standard InChI is InChI=1S/C37H37Cl2NO3/c1-36(2)17-28-34(30(41)19-36)33(26-16-25(38)14-15-32(26)43-22-24-12-8-9-13-27(24)39)35-29(18-37(3,4)20-31(35)42)40(28)21-23-10-6-5-7-11-23/h5-16,33H,17-22H2,1-4H3. The summed E-state index contributed by atoms with van der Waals surface area (Å²) in [6, 6.07) is 23.4. The molecule has 2 aliphatic carbocycles. The third kappa shape index (κ3) is 5.92. The van der Waals surface area contributed by atoms with Gasteiger partial charge in [0.15, 0.2) is 11.6 Å². The summed E-state index contributed by atoms with van der Waals surface area (Å²) in [5, 5.41) is 1.15. The van der Waals surface area contributed by atoms with Crippen LogP contribution >= 0.6 is 23.2 Å².